The van der Waals surface area contributed by atoms with Crippen LogP contribution in [0.25, 0.3) is 0 Å². The van der Waals surface area contributed by atoms with Gasteiger partial charge in [-0.05, 0) is 51.4 Å². The second-order valence-corrected chi connectivity index (χ2v) is 5.60. The van der Waals surface area contributed by atoms with Crippen molar-refractivity contribution in [3.05, 3.63) is 27.7 Å². The van der Waals surface area contributed by atoms with Gasteiger partial charge in [0.1, 0.15) is 0 Å². The molecule has 5 heteroatoms. The molecule has 0 aromatic heterocycles. The number of ether oxygens (including phenoxy) is 2. The Kier molecular flexibility index (Phi) is 8.31. The van der Waals surface area contributed by atoms with Crippen LogP contribution in [0, 0.1) is 0 Å². The fraction of sp³-hybridized carbons (Fsp3) is 0.600. The van der Waals surface area contributed by atoms with Crippen LogP contribution in [-0.4, -0.2) is 25.9 Å². The average Bonchev–Trinajstić information content (AvgIpc) is 2.38. The molecular formula is C15H23Cl2NO2. The third-order valence-corrected chi connectivity index (χ3v) is 3.15. The lowest BCUT2D eigenvalue weighted by molar-refractivity contribution is 0.144. The average molecular weight is 320 g/mol. The summed E-state index contributed by atoms with van der Waals surface area (Å²) in [6, 6.07) is 3.78. The standard InChI is InChI=1S/C15H23Cl2NO2/c1-4-19-7-5-6-18-10-12-8-13(16)15(14(17)9-12)20-11(2)3/h8-9,11,18H,4-7,10H2,1-3H3. The van der Waals surface area contributed by atoms with Crippen LogP contribution < -0.4 is 10.1 Å². The number of hydrogen-bond donors (Lipinski definition) is 1. The first kappa shape index (κ1) is 17.6. The Hall–Kier alpha value is -0.480. The Morgan fingerprint density at radius 3 is 2.40 bits per heavy atom. The quantitative estimate of drug-likeness (QED) is 0.688. The topological polar surface area (TPSA) is 30.5 Å². The number of benzene rings is 1. The molecule has 0 fully saturated rings. The van der Waals surface area contributed by atoms with Gasteiger partial charge < -0.3 is 14.8 Å². The molecule has 0 unspecified atom stereocenters. The summed E-state index contributed by atoms with van der Waals surface area (Å²) in [4.78, 5) is 0. The van der Waals surface area contributed by atoms with Crippen molar-refractivity contribution in [1.82, 2.24) is 5.32 Å². The maximum Gasteiger partial charge on any atom is 0.156 e. The molecule has 0 aliphatic heterocycles. The molecule has 0 saturated carbocycles. The maximum absolute atomic E-state index is 6.20. The number of hydrogen-bond acceptors (Lipinski definition) is 3. The predicted octanol–water partition coefficient (Wildman–Crippen LogP) is 4.30. The SMILES string of the molecule is CCOCCCNCc1cc(Cl)c(OC(C)C)c(Cl)c1. The van der Waals surface area contributed by atoms with Gasteiger partial charge in [0, 0.05) is 19.8 Å². The van der Waals surface area contributed by atoms with Crippen LogP contribution in [0.2, 0.25) is 10.0 Å². The molecule has 0 aliphatic carbocycles. The van der Waals surface area contributed by atoms with E-state index in [1.54, 1.807) is 0 Å². The van der Waals surface area contributed by atoms with E-state index in [9.17, 15) is 0 Å². The van der Waals surface area contributed by atoms with Crippen LogP contribution in [-0.2, 0) is 11.3 Å². The molecule has 0 atom stereocenters. The molecule has 0 radical (unpaired) electrons. The largest absolute Gasteiger partial charge is 0.488 e. The lowest BCUT2D eigenvalue weighted by Crippen LogP contribution is -2.16. The second kappa shape index (κ2) is 9.46. The van der Waals surface area contributed by atoms with Crippen LogP contribution in [0.5, 0.6) is 5.75 Å². The summed E-state index contributed by atoms with van der Waals surface area (Å²) < 4.78 is 10.9. The molecule has 0 saturated heterocycles. The van der Waals surface area contributed by atoms with Crippen LogP contribution in [0.3, 0.4) is 0 Å². The molecular weight excluding hydrogens is 297 g/mol. The van der Waals surface area contributed by atoms with E-state index < -0.39 is 0 Å². The van der Waals surface area contributed by atoms with Crippen LogP contribution in [0.1, 0.15) is 32.8 Å². The van der Waals surface area contributed by atoms with E-state index in [2.05, 4.69) is 5.32 Å². The molecule has 0 amide bonds. The third-order valence-electron chi connectivity index (χ3n) is 2.59. The number of halogens is 2. The minimum atomic E-state index is 0.0486. The Labute approximate surface area is 131 Å². The maximum atomic E-state index is 6.20. The first-order chi connectivity index (χ1) is 9.54. The van der Waals surface area contributed by atoms with Gasteiger partial charge in [-0.2, -0.15) is 0 Å². The Balaban J connectivity index is 2.47. The van der Waals surface area contributed by atoms with Gasteiger partial charge in [0.15, 0.2) is 5.75 Å². The molecule has 0 aliphatic rings. The molecule has 1 aromatic rings. The second-order valence-electron chi connectivity index (χ2n) is 4.78. The third kappa shape index (κ3) is 6.31. The van der Waals surface area contributed by atoms with Crippen molar-refractivity contribution in [2.75, 3.05) is 19.8 Å². The monoisotopic (exact) mass is 319 g/mol. The van der Waals surface area contributed by atoms with Crippen molar-refractivity contribution in [2.45, 2.75) is 39.8 Å². The van der Waals surface area contributed by atoms with Gasteiger partial charge in [-0.1, -0.05) is 23.2 Å². The number of nitrogens with one attached hydrogen (secondary N) is 1. The van der Waals surface area contributed by atoms with Gasteiger partial charge in [-0.3, -0.25) is 0 Å². The summed E-state index contributed by atoms with van der Waals surface area (Å²) in [6.07, 6.45) is 1.04. The minimum Gasteiger partial charge on any atom is -0.488 e. The molecule has 0 bridgehead atoms. The van der Waals surface area contributed by atoms with Crippen molar-refractivity contribution in [2.24, 2.45) is 0 Å². The van der Waals surface area contributed by atoms with E-state index >= 15 is 0 Å². The van der Waals surface area contributed by atoms with Crippen LogP contribution in [0.4, 0.5) is 0 Å². The van der Waals surface area contributed by atoms with Gasteiger partial charge in [-0.25, -0.2) is 0 Å². The molecule has 1 N–H and O–H groups in total. The fourth-order valence-corrected chi connectivity index (χ4v) is 2.36. The molecule has 114 valence electrons. The summed E-state index contributed by atoms with van der Waals surface area (Å²) in [5.74, 6) is 0.559. The zero-order chi connectivity index (χ0) is 15.0. The summed E-state index contributed by atoms with van der Waals surface area (Å²) in [5, 5.41) is 4.44. The molecule has 0 heterocycles. The highest BCUT2D eigenvalue weighted by Gasteiger charge is 2.11. The van der Waals surface area contributed by atoms with Crippen molar-refractivity contribution < 1.29 is 9.47 Å². The predicted molar refractivity (Wildman–Crippen MR) is 85.0 cm³/mol. The zero-order valence-electron chi connectivity index (χ0n) is 12.3. The molecule has 20 heavy (non-hydrogen) atoms. The van der Waals surface area contributed by atoms with Gasteiger partial charge in [0.25, 0.3) is 0 Å². The van der Waals surface area contributed by atoms with E-state index in [4.69, 9.17) is 32.7 Å². The first-order valence-electron chi connectivity index (χ1n) is 6.97. The summed E-state index contributed by atoms with van der Waals surface area (Å²) in [7, 11) is 0. The van der Waals surface area contributed by atoms with Crippen molar-refractivity contribution in [3.63, 3.8) is 0 Å². The van der Waals surface area contributed by atoms with E-state index in [0.717, 1.165) is 38.3 Å². The van der Waals surface area contributed by atoms with E-state index in [0.29, 0.717) is 15.8 Å². The first-order valence-corrected chi connectivity index (χ1v) is 7.73. The minimum absolute atomic E-state index is 0.0486. The normalized spacial score (nSPS) is 11.1. The molecule has 1 rings (SSSR count). The van der Waals surface area contributed by atoms with Crippen molar-refractivity contribution in [1.29, 1.82) is 0 Å². The molecule has 1 aromatic carbocycles. The van der Waals surface area contributed by atoms with Gasteiger partial charge >= 0.3 is 0 Å². The summed E-state index contributed by atoms with van der Waals surface area (Å²) in [6.45, 7) is 9.07. The lowest BCUT2D eigenvalue weighted by atomic mass is 10.2. The molecule has 3 nitrogen and oxygen atoms in total. The Morgan fingerprint density at radius 1 is 1.20 bits per heavy atom. The smallest absolute Gasteiger partial charge is 0.156 e. The lowest BCUT2D eigenvalue weighted by Gasteiger charge is -2.14. The van der Waals surface area contributed by atoms with E-state index in [1.807, 2.05) is 32.9 Å². The van der Waals surface area contributed by atoms with Crippen LogP contribution >= 0.6 is 23.2 Å². The summed E-state index contributed by atoms with van der Waals surface area (Å²) in [5.41, 5.74) is 1.05. The zero-order valence-corrected chi connectivity index (χ0v) is 13.9. The summed E-state index contributed by atoms with van der Waals surface area (Å²) >= 11 is 12.4. The van der Waals surface area contributed by atoms with E-state index in [-0.39, 0.29) is 6.10 Å². The van der Waals surface area contributed by atoms with E-state index in [1.165, 1.54) is 0 Å². The number of rotatable bonds is 9. The van der Waals surface area contributed by atoms with Crippen molar-refractivity contribution in [3.8, 4) is 5.75 Å². The fourth-order valence-electron chi connectivity index (χ4n) is 1.74. The van der Waals surface area contributed by atoms with Crippen molar-refractivity contribution >= 4 is 23.2 Å². The molecule has 0 spiro atoms. The Morgan fingerprint density at radius 2 is 1.85 bits per heavy atom. The Bertz CT molecular complexity index is 388. The highest BCUT2D eigenvalue weighted by atomic mass is 35.5. The van der Waals surface area contributed by atoms with Gasteiger partial charge in [-0.15, -0.1) is 0 Å². The van der Waals surface area contributed by atoms with Gasteiger partial charge in [0.2, 0.25) is 0 Å². The highest BCUT2D eigenvalue weighted by molar-refractivity contribution is 6.37. The van der Waals surface area contributed by atoms with Gasteiger partial charge in [0.05, 0.1) is 16.1 Å². The van der Waals surface area contributed by atoms with Crippen LogP contribution in [0.15, 0.2) is 12.1 Å². The highest BCUT2D eigenvalue weighted by Crippen LogP contribution is 2.34.